The van der Waals surface area contributed by atoms with E-state index in [4.69, 9.17) is 4.55 Å². The average Bonchev–Trinajstić information content (AvgIpc) is 2.86. The van der Waals surface area contributed by atoms with Crippen molar-refractivity contribution in [2.45, 2.75) is 23.3 Å². The molecule has 166 valence electrons. The fourth-order valence-corrected chi connectivity index (χ4v) is 4.41. The van der Waals surface area contributed by atoms with Crippen molar-refractivity contribution < 1.29 is 13.0 Å². The van der Waals surface area contributed by atoms with E-state index in [-0.39, 0.29) is 10.8 Å². The fourth-order valence-electron chi connectivity index (χ4n) is 3.93. The molecule has 0 aliphatic carbocycles. The molecular formula is C26H22N2O4S. The van der Waals surface area contributed by atoms with Gasteiger partial charge in [-0.05, 0) is 58.5 Å². The third-order valence-corrected chi connectivity index (χ3v) is 6.55. The maximum absolute atomic E-state index is 11.7. The van der Waals surface area contributed by atoms with Gasteiger partial charge in [0.1, 0.15) is 6.04 Å². The van der Waals surface area contributed by atoms with Crippen LogP contribution in [-0.4, -0.2) is 18.0 Å². The summed E-state index contributed by atoms with van der Waals surface area (Å²) >= 11 is 0. The van der Waals surface area contributed by atoms with E-state index in [0.717, 1.165) is 27.8 Å². The number of nitrogens with zero attached hydrogens (tertiary/aromatic N) is 2. The van der Waals surface area contributed by atoms with Crippen molar-refractivity contribution in [2.75, 3.05) is 0 Å². The molecule has 7 heteroatoms. The van der Waals surface area contributed by atoms with Crippen molar-refractivity contribution in [1.82, 2.24) is 4.98 Å². The van der Waals surface area contributed by atoms with Crippen molar-refractivity contribution >= 4 is 10.1 Å². The van der Waals surface area contributed by atoms with Gasteiger partial charge in [-0.25, -0.2) is 0 Å². The summed E-state index contributed by atoms with van der Waals surface area (Å²) < 4.78 is 31.7. The van der Waals surface area contributed by atoms with E-state index in [1.807, 2.05) is 66.7 Å². The predicted octanol–water partition coefficient (Wildman–Crippen LogP) is 6.03. The molecule has 0 amide bonds. The molecule has 0 fully saturated rings. The lowest BCUT2D eigenvalue weighted by Gasteiger charge is -2.21. The largest absolute Gasteiger partial charge is 0.294 e. The summed E-state index contributed by atoms with van der Waals surface area (Å²) in [6.07, 6.45) is 3.83. The second-order valence-electron chi connectivity index (χ2n) is 7.72. The number of hydrogen-bond acceptors (Lipinski definition) is 5. The maximum Gasteiger partial charge on any atom is 0.294 e. The first-order valence-electron chi connectivity index (χ1n) is 10.4. The van der Waals surface area contributed by atoms with Crippen molar-refractivity contribution in [3.8, 4) is 11.1 Å². The van der Waals surface area contributed by atoms with E-state index in [2.05, 4.69) is 10.2 Å². The van der Waals surface area contributed by atoms with Gasteiger partial charge in [-0.15, -0.1) is 0 Å². The zero-order valence-corrected chi connectivity index (χ0v) is 18.5. The highest BCUT2D eigenvalue weighted by molar-refractivity contribution is 7.85. The highest BCUT2D eigenvalue weighted by Crippen LogP contribution is 2.36. The molecule has 0 radical (unpaired) electrons. The Morgan fingerprint density at radius 1 is 0.727 bits per heavy atom. The number of aromatic nitrogens is 1. The molecule has 6 nitrogen and oxygen atoms in total. The summed E-state index contributed by atoms with van der Waals surface area (Å²) in [5, 5.41) is 3.39. The first-order chi connectivity index (χ1) is 16.0. The van der Waals surface area contributed by atoms with E-state index in [1.54, 1.807) is 24.5 Å². The lowest BCUT2D eigenvalue weighted by molar-refractivity contribution is 0.483. The van der Waals surface area contributed by atoms with Crippen molar-refractivity contribution in [1.29, 1.82) is 0 Å². The molecule has 3 aromatic carbocycles. The minimum Gasteiger partial charge on any atom is -0.282 e. The molecule has 1 aromatic heterocycles. The van der Waals surface area contributed by atoms with Crippen LogP contribution in [0.5, 0.6) is 0 Å². The van der Waals surface area contributed by atoms with Crippen LogP contribution in [0.25, 0.3) is 11.1 Å². The molecule has 4 rings (SSSR count). The summed E-state index contributed by atoms with van der Waals surface area (Å²) in [4.78, 5) is 15.6. The van der Waals surface area contributed by atoms with Gasteiger partial charge in [0, 0.05) is 18.3 Å². The Morgan fingerprint density at radius 3 is 1.82 bits per heavy atom. The Balaban J connectivity index is 1.64. The van der Waals surface area contributed by atoms with Crippen LogP contribution in [0, 0.1) is 4.91 Å². The monoisotopic (exact) mass is 458 g/mol. The summed E-state index contributed by atoms with van der Waals surface area (Å²) in [5.74, 6) is -0.0435. The third-order valence-electron chi connectivity index (χ3n) is 5.68. The minimum atomic E-state index is -4.23. The Bertz CT molecular complexity index is 1310. The zero-order chi connectivity index (χ0) is 23.3. The topological polar surface area (TPSA) is 96.7 Å². The maximum atomic E-state index is 11.7. The van der Waals surface area contributed by atoms with Crippen LogP contribution in [0.15, 0.2) is 113 Å². The lowest BCUT2D eigenvalue weighted by atomic mass is 9.84. The Labute approximate surface area is 192 Å². The summed E-state index contributed by atoms with van der Waals surface area (Å²) in [6.45, 7) is 0. The van der Waals surface area contributed by atoms with Crippen LogP contribution < -0.4 is 0 Å². The second kappa shape index (κ2) is 9.85. The molecule has 0 bridgehead atoms. The van der Waals surface area contributed by atoms with Crippen LogP contribution in [0.3, 0.4) is 0 Å². The van der Waals surface area contributed by atoms with E-state index in [9.17, 15) is 13.3 Å². The van der Waals surface area contributed by atoms with Gasteiger partial charge in [-0.3, -0.25) is 9.54 Å². The van der Waals surface area contributed by atoms with E-state index in [0.29, 0.717) is 6.42 Å². The SMILES string of the molecule is O=NC(CC(c1ccccc1)c1ccc(-c2ccc(S(=O)(=O)O)cc2)cc1)c1ccncc1. The quantitative estimate of drug-likeness (QED) is 0.257. The molecule has 0 saturated heterocycles. The van der Waals surface area contributed by atoms with Gasteiger partial charge in [0.15, 0.2) is 0 Å². The molecule has 0 spiro atoms. The van der Waals surface area contributed by atoms with Crippen LogP contribution in [0.2, 0.25) is 0 Å². The third kappa shape index (κ3) is 5.39. The smallest absolute Gasteiger partial charge is 0.282 e. The highest BCUT2D eigenvalue weighted by atomic mass is 32.2. The van der Waals surface area contributed by atoms with Crippen LogP contribution >= 0.6 is 0 Å². The van der Waals surface area contributed by atoms with E-state index in [1.165, 1.54) is 12.1 Å². The Kier molecular flexibility index (Phi) is 6.72. The zero-order valence-electron chi connectivity index (χ0n) is 17.7. The van der Waals surface area contributed by atoms with Crippen LogP contribution in [0.4, 0.5) is 0 Å². The first kappa shape index (κ1) is 22.5. The Hall–Kier alpha value is -3.68. The van der Waals surface area contributed by atoms with Crippen molar-refractivity contribution in [3.63, 3.8) is 0 Å². The molecule has 4 aromatic rings. The normalized spacial score (nSPS) is 13.2. The number of rotatable bonds is 8. The number of benzene rings is 3. The molecule has 2 unspecified atom stereocenters. The molecular weight excluding hydrogens is 436 g/mol. The van der Waals surface area contributed by atoms with Gasteiger partial charge in [0.2, 0.25) is 0 Å². The van der Waals surface area contributed by atoms with Gasteiger partial charge in [0.25, 0.3) is 10.1 Å². The highest BCUT2D eigenvalue weighted by Gasteiger charge is 2.22. The van der Waals surface area contributed by atoms with Gasteiger partial charge in [-0.1, -0.05) is 71.9 Å². The predicted molar refractivity (Wildman–Crippen MR) is 127 cm³/mol. The van der Waals surface area contributed by atoms with Gasteiger partial charge in [-0.2, -0.15) is 13.3 Å². The summed E-state index contributed by atoms with van der Waals surface area (Å²) in [7, 11) is -4.23. The minimum absolute atomic E-state index is 0.0435. The number of hydrogen-bond donors (Lipinski definition) is 1. The van der Waals surface area contributed by atoms with Crippen LogP contribution in [-0.2, 0) is 10.1 Å². The average molecular weight is 459 g/mol. The van der Waals surface area contributed by atoms with E-state index < -0.39 is 16.2 Å². The molecule has 0 aliphatic rings. The molecule has 0 aliphatic heterocycles. The summed E-state index contributed by atoms with van der Waals surface area (Å²) in [5.41, 5.74) is 4.70. The molecule has 1 N–H and O–H groups in total. The number of nitroso groups, excluding NO2 is 1. The molecule has 0 saturated carbocycles. The molecule has 1 heterocycles. The fraction of sp³-hybridized carbons (Fsp3) is 0.115. The molecule has 33 heavy (non-hydrogen) atoms. The van der Waals surface area contributed by atoms with Gasteiger partial charge in [0.05, 0.1) is 4.90 Å². The van der Waals surface area contributed by atoms with Gasteiger partial charge < -0.3 is 0 Å². The molecule has 2 atom stereocenters. The van der Waals surface area contributed by atoms with Gasteiger partial charge >= 0.3 is 0 Å². The standard InChI is InChI=1S/C26H22N2O4S/c29-28-26(23-14-16-27-17-15-23)18-25(21-4-2-1-3-5-21)22-8-6-19(7-9-22)20-10-12-24(13-11-20)33(30,31)32/h1-17,25-26H,18H2,(H,30,31,32). The van der Waals surface area contributed by atoms with Crippen LogP contribution in [0.1, 0.15) is 35.1 Å². The lowest BCUT2D eigenvalue weighted by Crippen LogP contribution is -2.07. The second-order valence-corrected chi connectivity index (χ2v) is 9.14. The number of pyridine rings is 1. The summed E-state index contributed by atoms with van der Waals surface area (Å²) in [6, 6.07) is 27.1. The van der Waals surface area contributed by atoms with Crippen molar-refractivity contribution in [2.24, 2.45) is 5.18 Å². The van der Waals surface area contributed by atoms with E-state index >= 15 is 0 Å². The van der Waals surface area contributed by atoms with Crippen molar-refractivity contribution in [3.05, 3.63) is 125 Å². The Morgan fingerprint density at radius 2 is 1.27 bits per heavy atom. The first-order valence-corrected chi connectivity index (χ1v) is 11.8.